The van der Waals surface area contributed by atoms with Crippen molar-refractivity contribution >= 4 is 11.8 Å². The van der Waals surface area contributed by atoms with Gasteiger partial charge in [0.15, 0.2) is 18.2 Å². The average Bonchev–Trinajstić information content (AvgIpc) is 3.20. The summed E-state index contributed by atoms with van der Waals surface area (Å²) in [6.07, 6.45) is -0.772. The minimum absolute atomic E-state index is 0.0389. The maximum atomic E-state index is 15.1. The van der Waals surface area contributed by atoms with Crippen LogP contribution < -0.4 is 0 Å². The third-order valence-electron chi connectivity index (χ3n) is 16.0. The fraction of sp³-hybridized carbons (Fsp3) is 0.949. The van der Waals surface area contributed by atoms with Crippen LogP contribution in [0.5, 0.6) is 0 Å². The van der Waals surface area contributed by atoms with Crippen LogP contribution in [-0.2, 0) is 28.5 Å². The van der Waals surface area contributed by atoms with Crippen molar-refractivity contribution in [1.82, 2.24) is 0 Å². The van der Waals surface area contributed by atoms with Gasteiger partial charge in [0.1, 0.15) is 24.4 Å². The Kier molecular flexibility index (Phi) is 9.37. The summed E-state index contributed by atoms with van der Waals surface area (Å²) in [5, 5.41) is 42.0. The molecule has 16 atom stereocenters. The van der Waals surface area contributed by atoms with Crippen LogP contribution in [0, 0.1) is 50.7 Å². The Balaban J connectivity index is 1.28. The van der Waals surface area contributed by atoms with Gasteiger partial charge in [-0.25, -0.2) is 0 Å². The first-order valence-corrected chi connectivity index (χ1v) is 19.0. The Morgan fingerprint density at radius 3 is 2.18 bits per heavy atom. The van der Waals surface area contributed by atoms with Crippen molar-refractivity contribution in [3.8, 4) is 0 Å². The monoisotopic (exact) mass is 692 g/mol. The van der Waals surface area contributed by atoms with E-state index in [9.17, 15) is 25.2 Å². The van der Waals surface area contributed by atoms with E-state index in [4.69, 9.17) is 18.9 Å². The van der Waals surface area contributed by atoms with Gasteiger partial charge in [0.05, 0.1) is 24.4 Å². The second-order valence-corrected chi connectivity index (χ2v) is 19.0. The van der Waals surface area contributed by atoms with E-state index in [-0.39, 0.29) is 64.3 Å². The molecule has 4 saturated carbocycles. The molecule has 0 aromatic rings. The molecule has 280 valence electrons. The number of aliphatic hydroxyl groups is 4. The summed E-state index contributed by atoms with van der Waals surface area (Å²) in [5.74, 6) is 0.415. The molecule has 2 heterocycles. The first kappa shape index (κ1) is 37.6. The summed E-state index contributed by atoms with van der Waals surface area (Å²) in [4.78, 5) is 27.5. The van der Waals surface area contributed by atoms with E-state index in [2.05, 4.69) is 48.5 Å². The number of ether oxygens (including phenoxy) is 4. The first-order chi connectivity index (χ1) is 22.6. The maximum absolute atomic E-state index is 15.1. The van der Waals surface area contributed by atoms with Crippen LogP contribution in [0.2, 0.25) is 0 Å². The smallest absolute Gasteiger partial charge is 0.305 e. The lowest BCUT2D eigenvalue weighted by molar-refractivity contribution is -0.312. The number of rotatable bonds is 6. The number of carbonyl (C=O) groups excluding carboxylic acids is 2. The molecular formula is C39H64O10. The number of carbonyl (C=O) groups is 2. The van der Waals surface area contributed by atoms with Crippen molar-refractivity contribution in [2.75, 3.05) is 6.61 Å². The van der Waals surface area contributed by atoms with Crippen LogP contribution in [0.15, 0.2) is 0 Å². The molecule has 2 aliphatic heterocycles. The van der Waals surface area contributed by atoms with E-state index < -0.39 is 59.9 Å². The Morgan fingerprint density at radius 2 is 1.55 bits per heavy atom. The molecule has 10 nitrogen and oxygen atoms in total. The zero-order chi connectivity index (χ0) is 36.3. The molecule has 49 heavy (non-hydrogen) atoms. The predicted molar refractivity (Wildman–Crippen MR) is 181 cm³/mol. The highest BCUT2D eigenvalue weighted by atomic mass is 16.7. The van der Waals surface area contributed by atoms with Crippen molar-refractivity contribution in [1.29, 1.82) is 0 Å². The summed E-state index contributed by atoms with van der Waals surface area (Å²) >= 11 is 0. The first-order valence-electron chi connectivity index (χ1n) is 19.0. The molecule has 0 unspecified atom stereocenters. The molecule has 0 bridgehead atoms. The molecule has 4 aliphatic carbocycles. The van der Waals surface area contributed by atoms with Gasteiger partial charge in [0, 0.05) is 17.8 Å². The second-order valence-electron chi connectivity index (χ2n) is 19.0. The summed E-state index contributed by atoms with van der Waals surface area (Å²) in [6, 6.07) is 0. The van der Waals surface area contributed by atoms with Crippen LogP contribution >= 0.6 is 0 Å². The molecule has 10 heteroatoms. The predicted octanol–water partition coefficient (Wildman–Crippen LogP) is 4.56. The van der Waals surface area contributed by atoms with Gasteiger partial charge in [-0.15, -0.1) is 0 Å². The fourth-order valence-electron chi connectivity index (χ4n) is 13.0. The van der Waals surface area contributed by atoms with Crippen LogP contribution in [0.4, 0.5) is 0 Å². The van der Waals surface area contributed by atoms with Crippen LogP contribution in [0.3, 0.4) is 0 Å². The van der Waals surface area contributed by atoms with E-state index >= 15 is 4.79 Å². The molecule has 0 aromatic carbocycles. The Hall–Kier alpha value is -1.14. The van der Waals surface area contributed by atoms with Crippen LogP contribution in [0.25, 0.3) is 0 Å². The van der Waals surface area contributed by atoms with E-state index in [1.165, 1.54) is 0 Å². The molecule has 6 fully saturated rings. The number of esters is 1. The quantitative estimate of drug-likeness (QED) is 0.230. The van der Waals surface area contributed by atoms with E-state index in [0.29, 0.717) is 12.3 Å². The van der Waals surface area contributed by atoms with Crippen molar-refractivity contribution < 1.29 is 49.0 Å². The molecule has 0 spiro atoms. The fourth-order valence-corrected chi connectivity index (χ4v) is 13.0. The molecule has 4 N–H and O–H groups in total. The normalized spacial score (nSPS) is 51.6. The number of aliphatic hydroxyl groups excluding tert-OH is 3. The van der Waals surface area contributed by atoms with Gasteiger partial charge in [0.25, 0.3) is 0 Å². The number of fused-ring (bicyclic) bond motifs is 7. The largest absolute Gasteiger partial charge is 0.457 e. The molecule has 0 radical (unpaired) electrons. The summed E-state index contributed by atoms with van der Waals surface area (Å²) in [5.41, 5.74) is -2.65. The number of hydrogen-bond acceptors (Lipinski definition) is 10. The highest BCUT2D eigenvalue weighted by Gasteiger charge is 2.77. The third kappa shape index (κ3) is 5.26. The minimum Gasteiger partial charge on any atom is -0.457 e. The molecule has 6 aliphatic rings. The van der Waals surface area contributed by atoms with Gasteiger partial charge >= 0.3 is 5.97 Å². The van der Waals surface area contributed by atoms with Crippen molar-refractivity contribution in [2.24, 2.45) is 50.7 Å². The lowest BCUT2D eigenvalue weighted by Gasteiger charge is -2.71. The van der Waals surface area contributed by atoms with Gasteiger partial charge in [0.2, 0.25) is 0 Å². The molecule has 0 amide bonds. The lowest BCUT2D eigenvalue weighted by Crippen LogP contribution is -2.67. The van der Waals surface area contributed by atoms with Crippen molar-refractivity contribution in [3.05, 3.63) is 0 Å². The molecular weight excluding hydrogens is 628 g/mol. The standard InChI is InChI=1S/C39H64O10/c1-11-26(41)49-32(35(5,6)45)22-18-20(2)27-30(47-22)31(44)39(10)24-13-12-23-34(3,4)25(48-33-29(43)28(42)21(40)19-46-33)14-15-36(23,7)37(24,8)16-17-38(27,39)9/h20-25,27-30,32-33,40,42-43,45H,11-19H2,1-10H3/t20-,21-,22-,23+,24-,25+,27+,28+,29-,30+,32+,33+,36+,37-,38-,39-/m1/s1. The van der Waals surface area contributed by atoms with Gasteiger partial charge in [-0.3, -0.25) is 9.59 Å². The van der Waals surface area contributed by atoms with Crippen LogP contribution in [-0.4, -0.2) is 93.4 Å². The van der Waals surface area contributed by atoms with E-state index in [1.54, 1.807) is 20.8 Å². The molecule has 2 saturated heterocycles. The maximum Gasteiger partial charge on any atom is 0.305 e. The second kappa shape index (κ2) is 12.2. The van der Waals surface area contributed by atoms with Gasteiger partial charge in [-0.05, 0) is 98.2 Å². The van der Waals surface area contributed by atoms with Crippen molar-refractivity contribution in [3.63, 3.8) is 0 Å². The van der Waals surface area contributed by atoms with Crippen LogP contribution in [0.1, 0.15) is 121 Å². The van der Waals surface area contributed by atoms with Gasteiger partial charge in [-0.2, -0.15) is 0 Å². The zero-order valence-electron chi connectivity index (χ0n) is 31.5. The third-order valence-corrected chi connectivity index (χ3v) is 16.0. The van der Waals surface area contributed by atoms with E-state index in [0.717, 1.165) is 38.5 Å². The number of hydrogen-bond donors (Lipinski definition) is 4. The highest BCUT2D eigenvalue weighted by molar-refractivity contribution is 5.93. The van der Waals surface area contributed by atoms with Gasteiger partial charge in [-0.1, -0.05) is 55.4 Å². The minimum atomic E-state index is -1.33. The Labute approximate surface area is 293 Å². The van der Waals surface area contributed by atoms with Crippen molar-refractivity contribution in [2.45, 2.75) is 175 Å². The average molecular weight is 693 g/mol. The Morgan fingerprint density at radius 1 is 0.939 bits per heavy atom. The molecule has 0 aromatic heterocycles. The van der Waals surface area contributed by atoms with Gasteiger partial charge < -0.3 is 39.4 Å². The number of Topliss-reactive ketones (excluding diaryl/α,β-unsaturated/α-hetero) is 1. The topological polar surface area (TPSA) is 152 Å². The zero-order valence-corrected chi connectivity index (χ0v) is 31.5. The number of ketones is 1. The summed E-state index contributed by atoms with van der Waals surface area (Å²) in [7, 11) is 0. The summed E-state index contributed by atoms with van der Waals surface area (Å²) in [6.45, 7) is 21.1. The highest BCUT2D eigenvalue weighted by Crippen LogP contribution is 2.78. The lowest BCUT2D eigenvalue weighted by atomic mass is 9.33. The SMILES string of the molecule is CCC(=O)O[C@@H]([C@H]1C[C@@H](C)[C@H]2[C@H](O1)C(=O)[C@@]1(C)[C@@H]3CC[C@H]4C(C)(C)[C@@H](O[C@@H]5OC[C@@H](O)[C@H](O)[C@H]5O)CC[C@]4(C)[C@]3(C)CC[C@]21C)C(C)(C)O. The molecule has 6 rings (SSSR count). The Bertz CT molecular complexity index is 1290. The van der Waals surface area contributed by atoms with E-state index in [1.807, 2.05) is 0 Å². The summed E-state index contributed by atoms with van der Waals surface area (Å²) < 4.78 is 24.7.